The quantitative estimate of drug-likeness (QED) is 0.847. The van der Waals surface area contributed by atoms with Gasteiger partial charge in [0.25, 0.3) is 0 Å². The second-order valence-electron chi connectivity index (χ2n) is 4.22. The number of amides is 1. The third kappa shape index (κ3) is 4.53. The number of hydrogen-bond donors (Lipinski definition) is 1. The Kier molecular flexibility index (Phi) is 5.10. The molecule has 17 heavy (non-hydrogen) atoms. The maximum absolute atomic E-state index is 13.3. The van der Waals surface area contributed by atoms with Gasteiger partial charge < -0.3 is 10.0 Å². The predicted molar refractivity (Wildman–Crippen MR) is 64.0 cm³/mol. The number of aliphatic hydroxyl groups is 1. The molecule has 1 aromatic rings. The van der Waals surface area contributed by atoms with E-state index in [-0.39, 0.29) is 18.1 Å². The molecule has 3 nitrogen and oxygen atoms in total. The highest BCUT2D eigenvalue weighted by Gasteiger charge is 2.12. The first kappa shape index (κ1) is 13.6. The summed E-state index contributed by atoms with van der Waals surface area (Å²) in [4.78, 5) is 13.3. The third-order valence-electron chi connectivity index (χ3n) is 2.61. The molecule has 0 aliphatic heterocycles. The summed E-state index contributed by atoms with van der Waals surface area (Å²) >= 11 is 0. The topological polar surface area (TPSA) is 40.5 Å². The van der Waals surface area contributed by atoms with E-state index in [9.17, 15) is 9.18 Å². The Bertz CT molecular complexity index is 379. The van der Waals surface area contributed by atoms with Gasteiger partial charge in [-0.1, -0.05) is 18.2 Å². The molecule has 0 fully saturated rings. The summed E-state index contributed by atoms with van der Waals surface area (Å²) in [7, 11) is 1.66. The minimum absolute atomic E-state index is 0.0585. The molecule has 0 aliphatic rings. The first-order valence-corrected chi connectivity index (χ1v) is 5.66. The highest BCUT2D eigenvalue weighted by Crippen LogP contribution is 2.08. The van der Waals surface area contributed by atoms with Crippen LogP contribution in [0.3, 0.4) is 0 Å². The average Bonchev–Trinajstić information content (AvgIpc) is 2.28. The van der Waals surface area contributed by atoms with Gasteiger partial charge >= 0.3 is 0 Å². The van der Waals surface area contributed by atoms with Crippen LogP contribution in [-0.2, 0) is 11.2 Å². The van der Waals surface area contributed by atoms with Gasteiger partial charge in [-0.3, -0.25) is 4.79 Å². The molecule has 1 amide bonds. The lowest BCUT2D eigenvalue weighted by Crippen LogP contribution is -2.30. The zero-order valence-electron chi connectivity index (χ0n) is 10.2. The van der Waals surface area contributed by atoms with Gasteiger partial charge in [-0.2, -0.15) is 0 Å². The Hall–Kier alpha value is -1.42. The summed E-state index contributed by atoms with van der Waals surface area (Å²) in [6.45, 7) is 2.15. The van der Waals surface area contributed by atoms with Crippen molar-refractivity contribution < 1.29 is 14.3 Å². The van der Waals surface area contributed by atoms with Crippen molar-refractivity contribution in [3.63, 3.8) is 0 Å². The van der Waals surface area contributed by atoms with Crippen LogP contribution >= 0.6 is 0 Å². The maximum atomic E-state index is 13.3. The molecule has 1 atom stereocenters. The van der Waals surface area contributed by atoms with Gasteiger partial charge in [-0.25, -0.2) is 4.39 Å². The van der Waals surface area contributed by atoms with Crippen LogP contribution in [0.5, 0.6) is 0 Å². The van der Waals surface area contributed by atoms with E-state index >= 15 is 0 Å². The van der Waals surface area contributed by atoms with Crippen LogP contribution in [0.1, 0.15) is 18.9 Å². The summed E-state index contributed by atoms with van der Waals surface area (Å²) in [6.07, 6.45) is 0.154. The van der Waals surface area contributed by atoms with Crippen LogP contribution in [0.4, 0.5) is 4.39 Å². The van der Waals surface area contributed by atoms with Crippen molar-refractivity contribution in [3.05, 3.63) is 35.6 Å². The van der Waals surface area contributed by atoms with Gasteiger partial charge in [0.1, 0.15) is 5.82 Å². The van der Waals surface area contributed by atoms with E-state index in [0.717, 1.165) is 0 Å². The number of halogens is 1. The van der Waals surface area contributed by atoms with Crippen molar-refractivity contribution in [2.45, 2.75) is 25.9 Å². The number of nitrogens with zero attached hydrogens (tertiary/aromatic N) is 1. The van der Waals surface area contributed by atoms with Crippen LogP contribution in [0.2, 0.25) is 0 Å². The summed E-state index contributed by atoms with van der Waals surface area (Å²) in [5, 5.41) is 9.12. The molecule has 0 bridgehead atoms. The summed E-state index contributed by atoms with van der Waals surface area (Å²) in [5.41, 5.74) is 0.404. The van der Waals surface area contributed by atoms with Gasteiger partial charge in [0.15, 0.2) is 0 Å². The van der Waals surface area contributed by atoms with Gasteiger partial charge in [-0.15, -0.1) is 0 Å². The fraction of sp³-hybridized carbons (Fsp3) is 0.462. The number of carbonyl (C=O) groups is 1. The molecule has 0 saturated carbocycles. The monoisotopic (exact) mass is 239 g/mol. The van der Waals surface area contributed by atoms with Crippen molar-refractivity contribution >= 4 is 5.91 Å². The Morgan fingerprint density at radius 1 is 1.47 bits per heavy atom. The Morgan fingerprint density at radius 2 is 2.12 bits per heavy atom. The molecule has 4 heteroatoms. The van der Waals surface area contributed by atoms with Crippen molar-refractivity contribution in [1.29, 1.82) is 0 Å². The highest BCUT2D eigenvalue weighted by atomic mass is 19.1. The molecule has 0 aromatic heterocycles. The highest BCUT2D eigenvalue weighted by molar-refractivity contribution is 5.78. The lowest BCUT2D eigenvalue weighted by Gasteiger charge is -2.18. The smallest absolute Gasteiger partial charge is 0.226 e. The van der Waals surface area contributed by atoms with Gasteiger partial charge in [0, 0.05) is 13.6 Å². The van der Waals surface area contributed by atoms with Crippen LogP contribution in [-0.4, -0.2) is 35.6 Å². The second kappa shape index (κ2) is 6.35. The first-order valence-electron chi connectivity index (χ1n) is 5.66. The standard InChI is InChI=1S/C13H18FNO2/c1-10(16)7-8-15(2)13(17)9-11-5-3-4-6-12(11)14/h3-6,10,16H,7-9H2,1-2H3. The third-order valence-corrected chi connectivity index (χ3v) is 2.61. The van der Waals surface area contributed by atoms with Gasteiger partial charge in [-0.05, 0) is 25.0 Å². The van der Waals surface area contributed by atoms with Crippen LogP contribution in [0, 0.1) is 5.82 Å². The van der Waals surface area contributed by atoms with Crippen molar-refractivity contribution in [1.82, 2.24) is 4.90 Å². The Morgan fingerprint density at radius 3 is 2.71 bits per heavy atom. The fourth-order valence-electron chi connectivity index (χ4n) is 1.44. The zero-order valence-corrected chi connectivity index (χ0v) is 10.2. The largest absolute Gasteiger partial charge is 0.393 e. The first-order chi connectivity index (χ1) is 8.00. The van der Waals surface area contributed by atoms with Crippen LogP contribution < -0.4 is 0 Å². The lowest BCUT2D eigenvalue weighted by atomic mass is 10.1. The molecule has 1 unspecified atom stereocenters. The van der Waals surface area contributed by atoms with E-state index in [1.165, 1.54) is 11.0 Å². The summed E-state index contributed by atoms with van der Waals surface area (Å²) < 4.78 is 13.3. The number of carbonyl (C=O) groups excluding carboxylic acids is 1. The van der Waals surface area contributed by atoms with E-state index in [2.05, 4.69) is 0 Å². The van der Waals surface area contributed by atoms with E-state index in [4.69, 9.17) is 5.11 Å². The predicted octanol–water partition coefficient (Wildman–Crippen LogP) is 1.60. The zero-order chi connectivity index (χ0) is 12.8. The lowest BCUT2D eigenvalue weighted by molar-refractivity contribution is -0.129. The molecule has 0 saturated heterocycles. The normalized spacial score (nSPS) is 12.2. The van der Waals surface area contributed by atoms with Crippen LogP contribution in [0.25, 0.3) is 0 Å². The minimum Gasteiger partial charge on any atom is -0.393 e. The van der Waals surface area contributed by atoms with E-state index in [0.29, 0.717) is 18.5 Å². The number of aliphatic hydroxyl groups excluding tert-OH is 1. The number of likely N-dealkylation sites (N-methyl/N-ethyl adjacent to an activating group) is 1. The molecule has 0 radical (unpaired) electrons. The Balaban J connectivity index is 2.52. The molecular formula is C13H18FNO2. The van der Waals surface area contributed by atoms with Crippen molar-refractivity contribution in [2.24, 2.45) is 0 Å². The van der Waals surface area contributed by atoms with Gasteiger partial charge in [0.2, 0.25) is 5.91 Å². The van der Waals surface area contributed by atoms with Gasteiger partial charge in [0.05, 0.1) is 12.5 Å². The Labute approximate surface area is 101 Å². The number of rotatable bonds is 5. The number of hydrogen-bond acceptors (Lipinski definition) is 2. The second-order valence-corrected chi connectivity index (χ2v) is 4.22. The maximum Gasteiger partial charge on any atom is 0.226 e. The molecule has 0 aliphatic carbocycles. The van der Waals surface area contributed by atoms with E-state index < -0.39 is 6.10 Å². The molecule has 1 aromatic carbocycles. The minimum atomic E-state index is -0.432. The van der Waals surface area contributed by atoms with Crippen molar-refractivity contribution in [3.8, 4) is 0 Å². The van der Waals surface area contributed by atoms with Crippen molar-refractivity contribution in [2.75, 3.05) is 13.6 Å². The van der Waals surface area contributed by atoms with E-state index in [1.807, 2.05) is 0 Å². The SMILES string of the molecule is CC(O)CCN(C)C(=O)Cc1ccccc1F. The van der Waals surface area contributed by atoms with Crippen LogP contribution in [0.15, 0.2) is 24.3 Å². The summed E-state index contributed by atoms with van der Waals surface area (Å²) in [5.74, 6) is -0.500. The molecule has 1 rings (SSSR count). The molecule has 1 N–H and O–H groups in total. The fourth-order valence-corrected chi connectivity index (χ4v) is 1.44. The number of benzene rings is 1. The summed E-state index contributed by atoms with van der Waals surface area (Å²) in [6, 6.07) is 6.26. The molecule has 0 spiro atoms. The molecular weight excluding hydrogens is 221 g/mol. The average molecular weight is 239 g/mol. The molecule has 0 heterocycles. The molecule has 94 valence electrons. The van der Waals surface area contributed by atoms with E-state index in [1.54, 1.807) is 32.2 Å².